The van der Waals surface area contributed by atoms with Crippen LogP contribution in [-0.4, -0.2) is 16.8 Å². The monoisotopic (exact) mass is 452 g/mol. The number of halogens is 1. The molecule has 0 fully saturated rings. The van der Waals surface area contributed by atoms with Crippen LogP contribution in [0.4, 0.5) is 5.69 Å². The average Bonchev–Trinajstić information content (AvgIpc) is 2.41. The number of hydrogen-bond donors (Lipinski definition) is 2. The summed E-state index contributed by atoms with van der Waals surface area (Å²) in [6, 6.07) is 10.2. The molecular weight excluding hydrogens is 439 g/mol. The summed E-state index contributed by atoms with van der Waals surface area (Å²) < 4.78 is 50.8. The van der Waals surface area contributed by atoms with Crippen molar-refractivity contribution in [2.45, 2.75) is 16.7 Å². The number of hydrogen-bond acceptors (Lipinski definition) is 4. The van der Waals surface area contributed by atoms with Crippen LogP contribution in [0.1, 0.15) is 5.56 Å². The molecule has 0 aromatic heterocycles. The van der Waals surface area contributed by atoms with Crippen LogP contribution in [0.3, 0.4) is 0 Å². The van der Waals surface area contributed by atoms with Gasteiger partial charge in [-0.3, -0.25) is 4.72 Å². The first-order valence-electron chi connectivity index (χ1n) is 6.01. The van der Waals surface area contributed by atoms with E-state index in [2.05, 4.69) is 27.3 Å². The molecule has 0 atom stereocenters. The van der Waals surface area contributed by atoms with Crippen molar-refractivity contribution in [1.29, 1.82) is 0 Å². The van der Waals surface area contributed by atoms with Gasteiger partial charge in [-0.1, -0.05) is 6.07 Å². The molecule has 22 heavy (non-hydrogen) atoms. The molecule has 0 saturated carbocycles. The summed E-state index contributed by atoms with van der Waals surface area (Å²) in [4.78, 5) is -0.424. The molecule has 2 aromatic rings. The van der Waals surface area contributed by atoms with E-state index in [0.29, 0.717) is 5.69 Å². The normalized spacial score (nSPS) is 12.1. The molecular formula is C13H13IN2O4S2. The molecule has 0 aliphatic heterocycles. The molecule has 6 nitrogen and oxygen atoms in total. The summed E-state index contributed by atoms with van der Waals surface area (Å²) in [5.74, 6) is 0. The second kappa shape index (κ2) is 6.14. The van der Waals surface area contributed by atoms with Crippen LogP contribution in [0.15, 0.2) is 52.3 Å². The molecule has 0 heterocycles. The van der Waals surface area contributed by atoms with Crippen LogP contribution in [-0.2, 0) is 20.0 Å². The molecule has 2 aromatic carbocycles. The summed E-state index contributed by atoms with van der Waals surface area (Å²) in [6.07, 6.45) is 0. The summed E-state index contributed by atoms with van der Waals surface area (Å²) >= 11 is 2.13. The Hall–Kier alpha value is -1.17. The lowest BCUT2D eigenvalue weighted by molar-refractivity contribution is 0.597. The second-order valence-corrected chi connectivity index (χ2v) is 9.07. The maximum Gasteiger partial charge on any atom is 0.261 e. The van der Waals surface area contributed by atoms with E-state index in [-0.39, 0.29) is 9.79 Å². The molecule has 0 bridgehead atoms. The summed E-state index contributed by atoms with van der Waals surface area (Å²) in [5, 5.41) is 5.02. The van der Waals surface area contributed by atoms with Gasteiger partial charge >= 0.3 is 0 Å². The molecule has 118 valence electrons. The Balaban J connectivity index is 2.43. The van der Waals surface area contributed by atoms with E-state index in [1.807, 2.05) is 6.07 Å². The minimum atomic E-state index is -3.97. The number of anilines is 1. The SMILES string of the molecule is Cc1cc(I)ccc1NS(=O)(=O)c1cccc(S(N)(=O)=O)c1. The van der Waals surface area contributed by atoms with Crippen LogP contribution >= 0.6 is 22.6 Å². The Kier molecular flexibility index (Phi) is 4.80. The first-order chi connectivity index (χ1) is 10.1. The van der Waals surface area contributed by atoms with Crippen LogP contribution in [0.25, 0.3) is 0 Å². The van der Waals surface area contributed by atoms with Crippen molar-refractivity contribution >= 4 is 48.3 Å². The fraction of sp³-hybridized carbons (Fsp3) is 0.0769. The van der Waals surface area contributed by atoms with E-state index >= 15 is 0 Å². The third-order valence-corrected chi connectivity index (χ3v) is 5.82. The van der Waals surface area contributed by atoms with Gasteiger partial charge < -0.3 is 0 Å². The maximum absolute atomic E-state index is 12.4. The number of aryl methyl sites for hydroxylation is 1. The third-order valence-electron chi connectivity index (χ3n) is 2.88. The summed E-state index contributed by atoms with van der Waals surface area (Å²) in [7, 11) is -7.87. The van der Waals surface area contributed by atoms with Gasteiger partial charge in [0.1, 0.15) is 0 Å². The third kappa shape index (κ3) is 3.97. The predicted octanol–water partition coefficient (Wildman–Crippen LogP) is 2.05. The van der Waals surface area contributed by atoms with E-state index in [1.165, 1.54) is 18.2 Å². The quantitative estimate of drug-likeness (QED) is 0.693. The molecule has 0 aliphatic rings. The molecule has 0 aliphatic carbocycles. The van der Waals surface area contributed by atoms with E-state index < -0.39 is 20.0 Å². The van der Waals surface area contributed by atoms with Crippen LogP contribution < -0.4 is 9.86 Å². The Bertz CT molecular complexity index is 925. The lowest BCUT2D eigenvalue weighted by Gasteiger charge is -2.11. The molecule has 9 heteroatoms. The number of sulfonamides is 2. The van der Waals surface area contributed by atoms with E-state index in [9.17, 15) is 16.8 Å². The highest BCUT2D eigenvalue weighted by atomic mass is 127. The topological polar surface area (TPSA) is 106 Å². The zero-order valence-corrected chi connectivity index (χ0v) is 15.2. The van der Waals surface area contributed by atoms with Crippen molar-refractivity contribution < 1.29 is 16.8 Å². The fourth-order valence-electron chi connectivity index (χ4n) is 1.76. The van der Waals surface area contributed by atoms with Crippen LogP contribution in [0.2, 0.25) is 0 Å². The molecule has 3 N–H and O–H groups in total. The van der Waals surface area contributed by atoms with E-state index in [1.54, 1.807) is 19.1 Å². The number of primary sulfonamides is 1. The van der Waals surface area contributed by atoms with Gasteiger partial charge in [0.25, 0.3) is 10.0 Å². The smallest absolute Gasteiger partial charge is 0.261 e. The maximum atomic E-state index is 12.4. The van der Waals surface area contributed by atoms with Gasteiger partial charge in [-0.2, -0.15) is 0 Å². The first-order valence-corrected chi connectivity index (χ1v) is 10.1. The first kappa shape index (κ1) is 17.2. The van der Waals surface area contributed by atoms with Gasteiger partial charge in [-0.05, 0) is 71.5 Å². The van der Waals surface area contributed by atoms with Crippen molar-refractivity contribution in [3.63, 3.8) is 0 Å². The lowest BCUT2D eigenvalue weighted by Crippen LogP contribution is -2.16. The molecule has 0 spiro atoms. The summed E-state index contributed by atoms with van der Waals surface area (Å²) in [5.41, 5.74) is 1.19. The Morgan fingerprint density at radius 2 is 1.64 bits per heavy atom. The zero-order valence-electron chi connectivity index (χ0n) is 11.4. The highest BCUT2D eigenvalue weighted by Crippen LogP contribution is 2.22. The number of rotatable bonds is 4. The van der Waals surface area contributed by atoms with Gasteiger partial charge in [-0.15, -0.1) is 0 Å². The Morgan fingerprint density at radius 3 is 2.23 bits per heavy atom. The van der Waals surface area contributed by atoms with Gasteiger partial charge in [0.05, 0.1) is 15.5 Å². The minimum absolute atomic E-state index is 0.169. The fourth-order valence-corrected chi connectivity index (χ4v) is 4.22. The van der Waals surface area contributed by atoms with Crippen molar-refractivity contribution in [2.75, 3.05) is 4.72 Å². The standard InChI is InChI=1S/C13H13IN2O4S2/c1-9-7-10(14)5-6-13(9)16-22(19,20)12-4-2-3-11(8-12)21(15,17)18/h2-8,16H,1H3,(H2,15,17,18). The van der Waals surface area contributed by atoms with Crippen LogP contribution in [0, 0.1) is 10.5 Å². The predicted molar refractivity (Wildman–Crippen MR) is 92.5 cm³/mol. The minimum Gasteiger partial charge on any atom is -0.279 e. The van der Waals surface area contributed by atoms with Gasteiger partial charge in [0, 0.05) is 3.57 Å². The second-order valence-electron chi connectivity index (χ2n) is 4.58. The van der Waals surface area contributed by atoms with Gasteiger partial charge in [0.2, 0.25) is 10.0 Å². The average molecular weight is 452 g/mol. The van der Waals surface area contributed by atoms with Crippen molar-refractivity contribution in [2.24, 2.45) is 5.14 Å². The molecule has 0 radical (unpaired) electrons. The van der Waals surface area contributed by atoms with E-state index in [4.69, 9.17) is 5.14 Å². The highest BCUT2D eigenvalue weighted by Gasteiger charge is 2.18. The number of nitrogens with one attached hydrogen (secondary N) is 1. The Morgan fingerprint density at radius 1 is 1.00 bits per heavy atom. The van der Waals surface area contributed by atoms with E-state index in [0.717, 1.165) is 15.2 Å². The van der Waals surface area contributed by atoms with Crippen LogP contribution in [0.5, 0.6) is 0 Å². The Labute approximate surface area is 143 Å². The molecule has 0 unspecified atom stereocenters. The lowest BCUT2D eigenvalue weighted by atomic mass is 10.2. The molecule has 2 rings (SSSR count). The number of nitrogens with two attached hydrogens (primary N) is 1. The highest BCUT2D eigenvalue weighted by molar-refractivity contribution is 14.1. The number of benzene rings is 2. The van der Waals surface area contributed by atoms with Crippen molar-refractivity contribution in [1.82, 2.24) is 0 Å². The largest absolute Gasteiger partial charge is 0.279 e. The zero-order chi connectivity index (χ0) is 16.5. The van der Waals surface area contributed by atoms with Gasteiger partial charge in [-0.25, -0.2) is 22.0 Å². The molecule has 0 amide bonds. The molecule has 0 saturated heterocycles. The van der Waals surface area contributed by atoms with Crippen molar-refractivity contribution in [3.8, 4) is 0 Å². The van der Waals surface area contributed by atoms with Gasteiger partial charge in [0.15, 0.2) is 0 Å². The van der Waals surface area contributed by atoms with Crippen molar-refractivity contribution in [3.05, 3.63) is 51.6 Å². The summed E-state index contributed by atoms with van der Waals surface area (Å²) in [6.45, 7) is 1.78.